The maximum absolute atomic E-state index is 12.5. The van der Waals surface area contributed by atoms with Gasteiger partial charge < -0.3 is 10.4 Å². The lowest BCUT2D eigenvalue weighted by molar-refractivity contribution is 1.03. The Kier molecular flexibility index (Phi) is 3.19. The SMILES string of the molecule is N=C1c2c(nc[nH]c2=O)C(c2nccs2)=CC1c1cccc2[nH]ncc12. The summed E-state index contributed by atoms with van der Waals surface area (Å²) >= 11 is 1.48. The maximum atomic E-state index is 12.5. The van der Waals surface area contributed by atoms with E-state index in [0.717, 1.165) is 27.0 Å². The number of fused-ring (bicyclic) bond motifs is 2. The molecule has 0 bridgehead atoms. The van der Waals surface area contributed by atoms with Crippen LogP contribution in [0.1, 0.15) is 27.7 Å². The molecule has 0 spiro atoms. The van der Waals surface area contributed by atoms with Gasteiger partial charge in [-0.2, -0.15) is 5.10 Å². The Morgan fingerprint density at radius 1 is 1.23 bits per heavy atom. The molecule has 5 rings (SSSR count). The average Bonchev–Trinajstić information content (AvgIpc) is 3.33. The summed E-state index contributed by atoms with van der Waals surface area (Å²) in [5, 5.41) is 19.3. The lowest BCUT2D eigenvalue weighted by atomic mass is 9.81. The van der Waals surface area contributed by atoms with Gasteiger partial charge in [0, 0.05) is 28.5 Å². The van der Waals surface area contributed by atoms with Gasteiger partial charge in [0.1, 0.15) is 5.01 Å². The lowest BCUT2D eigenvalue weighted by Crippen LogP contribution is -2.28. The second kappa shape index (κ2) is 5.57. The van der Waals surface area contributed by atoms with Crippen molar-refractivity contribution >= 4 is 33.5 Å². The topological polar surface area (TPSA) is 111 Å². The molecule has 0 saturated heterocycles. The van der Waals surface area contributed by atoms with Gasteiger partial charge in [-0.25, -0.2) is 9.97 Å². The van der Waals surface area contributed by atoms with E-state index in [4.69, 9.17) is 5.41 Å². The third kappa shape index (κ3) is 2.09. The molecule has 4 aromatic rings. The number of nitrogens with zero attached hydrogens (tertiary/aromatic N) is 3. The molecule has 0 radical (unpaired) electrons. The number of benzene rings is 1. The summed E-state index contributed by atoms with van der Waals surface area (Å²) in [7, 11) is 0. The number of rotatable bonds is 2. The highest BCUT2D eigenvalue weighted by Gasteiger charge is 2.31. The van der Waals surface area contributed by atoms with Crippen LogP contribution in [-0.4, -0.2) is 30.9 Å². The predicted molar refractivity (Wildman–Crippen MR) is 99.7 cm³/mol. The second-order valence-corrected chi connectivity index (χ2v) is 6.84. The minimum absolute atomic E-state index is 0.225. The Balaban J connectivity index is 1.81. The Labute approximate surface area is 151 Å². The molecule has 0 saturated carbocycles. The Hall–Kier alpha value is -3.39. The van der Waals surface area contributed by atoms with E-state index in [9.17, 15) is 4.79 Å². The van der Waals surface area contributed by atoms with E-state index in [1.54, 1.807) is 12.4 Å². The summed E-state index contributed by atoms with van der Waals surface area (Å²) in [6.07, 6.45) is 6.81. The summed E-state index contributed by atoms with van der Waals surface area (Å²) < 4.78 is 0. The molecule has 0 amide bonds. The quantitative estimate of drug-likeness (QED) is 0.510. The molecule has 1 unspecified atom stereocenters. The zero-order valence-electron chi connectivity index (χ0n) is 13.4. The normalized spacial score (nSPS) is 16.5. The highest BCUT2D eigenvalue weighted by Crippen LogP contribution is 2.38. The maximum Gasteiger partial charge on any atom is 0.260 e. The first kappa shape index (κ1) is 14.9. The van der Waals surface area contributed by atoms with Gasteiger partial charge in [0.2, 0.25) is 0 Å². The number of thiazole rings is 1. The van der Waals surface area contributed by atoms with E-state index in [0.29, 0.717) is 11.3 Å². The fourth-order valence-electron chi connectivity index (χ4n) is 3.37. The number of nitrogens with one attached hydrogen (secondary N) is 3. The zero-order chi connectivity index (χ0) is 17.7. The molecule has 26 heavy (non-hydrogen) atoms. The number of aromatic nitrogens is 5. The van der Waals surface area contributed by atoms with Gasteiger partial charge in [-0.05, 0) is 11.6 Å². The average molecular weight is 360 g/mol. The van der Waals surface area contributed by atoms with Crippen LogP contribution in [0.2, 0.25) is 0 Å². The number of H-pyrrole nitrogens is 2. The zero-order valence-corrected chi connectivity index (χ0v) is 14.2. The second-order valence-electron chi connectivity index (χ2n) is 5.94. The van der Waals surface area contributed by atoms with Crippen molar-refractivity contribution in [1.82, 2.24) is 25.1 Å². The van der Waals surface area contributed by atoms with E-state index >= 15 is 0 Å². The van der Waals surface area contributed by atoms with Crippen LogP contribution in [0, 0.1) is 5.41 Å². The predicted octanol–water partition coefficient (Wildman–Crippen LogP) is 2.70. The minimum Gasteiger partial charge on any atom is -0.313 e. The van der Waals surface area contributed by atoms with Gasteiger partial charge >= 0.3 is 0 Å². The summed E-state index contributed by atoms with van der Waals surface area (Å²) in [6, 6.07) is 5.82. The third-order valence-corrected chi connectivity index (χ3v) is 5.34. The van der Waals surface area contributed by atoms with Crippen LogP contribution in [0.15, 0.2) is 53.2 Å². The van der Waals surface area contributed by atoms with Crippen molar-refractivity contribution in [3.05, 3.63) is 80.6 Å². The molecule has 3 heterocycles. The van der Waals surface area contributed by atoms with Crippen molar-refractivity contribution < 1.29 is 0 Å². The highest BCUT2D eigenvalue weighted by atomic mass is 32.1. The molecule has 1 aliphatic rings. The van der Waals surface area contributed by atoms with Gasteiger partial charge in [0.05, 0.1) is 35.0 Å². The first-order valence-corrected chi connectivity index (χ1v) is 8.82. The van der Waals surface area contributed by atoms with Crippen molar-refractivity contribution in [2.45, 2.75) is 5.92 Å². The van der Waals surface area contributed by atoms with E-state index in [2.05, 4.69) is 25.1 Å². The Morgan fingerprint density at radius 3 is 3.00 bits per heavy atom. The monoisotopic (exact) mass is 360 g/mol. The summed E-state index contributed by atoms with van der Waals surface area (Å²) in [6.45, 7) is 0. The molecular weight excluding hydrogens is 348 g/mol. The minimum atomic E-state index is -0.381. The largest absolute Gasteiger partial charge is 0.313 e. The van der Waals surface area contributed by atoms with Crippen LogP contribution in [-0.2, 0) is 0 Å². The first-order valence-electron chi connectivity index (χ1n) is 7.94. The van der Waals surface area contributed by atoms with Crippen LogP contribution >= 0.6 is 11.3 Å². The molecule has 126 valence electrons. The number of aromatic amines is 2. The molecule has 7 nitrogen and oxygen atoms in total. The van der Waals surface area contributed by atoms with E-state index in [-0.39, 0.29) is 17.2 Å². The summed E-state index contributed by atoms with van der Waals surface area (Å²) in [5.41, 5.74) is 3.31. The van der Waals surface area contributed by atoms with E-state index in [1.165, 1.54) is 17.7 Å². The fourth-order valence-corrected chi connectivity index (χ4v) is 4.04. The first-order chi connectivity index (χ1) is 12.7. The van der Waals surface area contributed by atoms with Gasteiger partial charge in [0.25, 0.3) is 5.56 Å². The van der Waals surface area contributed by atoms with Gasteiger partial charge in [-0.1, -0.05) is 18.2 Å². The molecule has 0 aliphatic heterocycles. The summed E-state index contributed by atoms with van der Waals surface area (Å²) in [5.74, 6) is -0.381. The molecular formula is C18H12N6OS. The third-order valence-electron chi connectivity index (χ3n) is 4.54. The van der Waals surface area contributed by atoms with Crippen molar-refractivity contribution in [1.29, 1.82) is 5.41 Å². The Morgan fingerprint density at radius 2 is 2.15 bits per heavy atom. The molecule has 1 atom stereocenters. The highest BCUT2D eigenvalue weighted by molar-refractivity contribution is 7.10. The molecule has 8 heteroatoms. The van der Waals surface area contributed by atoms with Crippen LogP contribution in [0.25, 0.3) is 16.5 Å². The van der Waals surface area contributed by atoms with Crippen molar-refractivity contribution in [2.75, 3.05) is 0 Å². The van der Waals surface area contributed by atoms with Gasteiger partial charge in [-0.3, -0.25) is 9.89 Å². The van der Waals surface area contributed by atoms with E-state index < -0.39 is 0 Å². The number of allylic oxidation sites excluding steroid dienone is 1. The standard InChI is InChI=1S/C18H12N6OS/c19-15-10(9-2-1-3-13-12(9)7-23-24-13)6-11(18-20-4-5-26-18)16-14(15)17(25)22-8-21-16/h1-8,10,19H,(H,23,24)(H,21,22,25). The molecule has 3 aromatic heterocycles. The van der Waals surface area contributed by atoms with Gasteiger partial charge in [-0.15, -0.1) is 11.3 Å². The van der Waals surface area contributed by atoms with Crippen LogP contribution in [0.5, 0.6) is 0 Å². The molecule has 3 N–H and O–H groups in total. The van der Waals surface area contributed by atoms with E-state index in [1.807, 2.05) is 29.7 Å². The molecule has 1 aromatic carbocycles. The molecule has 0 fully saturated rings. The fraction of sp³-hybridized carbons (Fsp3) is 0.0556. The number of hydrogen-bond donors (Lipinski definition) is 3. The van der Waals surface area contributed by atoms with Gasteiger partial charge in [0.15, 0.2) is 0 Å². The smallest absolute Gasteiger partial charge is 0.260 e. The van der Waals surface area contributed by atoms with Crippen LogP contribution in [0.4, 0.5) is 0 Å². The van der Waals surface area contributed by atoms with Crippen molar-refractivity contribution in [2.24, 2.45) is 0 Å². The van der Waals surface area contributed by atoms with Crippen molar-refractivity contribution in [3.63, 3.8) is 0 Å². The van der Waals surface area contributed by atoms with Crippen LogP contribution in [0.3, 0.4) is 0 Å². The summed E-state index contributed by atoms with van der Waals surface area (Å²) in [4.78, 5) is 23.8. The number of hydrogen-bond acceptors (Lipinski definition) is 6. The molecule has 1 aliphatic carbocycles. The van der Waals surface area contributed by atoms with Crippen molar-refractivity contribution in [3.8, 4) is 0 Å². The lowest BCUT2D eigenvalue weighted by Gasteiger charge is -2.23. The Bertz CT molecular complexity index is 1230. The van der Waals surface area contributed by atoms with Crippen LogP contribution < -0.4 is 5.56 Å².